The van der Waals surface area contributed by atoms with Crippen LogP contribution in [-0.4, -0.2) is 18.6 Å². The van der Waals surface area contributed by atoms with E-state index in [2.05, 4.69) is 15.9 Å². The smallest absolute Gasteiger partial charge is 0.262 e. The second kappa shape index (κ2) is 3.49. The lowest BCUT2D eigenvalue weighted by molar-refractivity contribution is -0.127. The average molecular weight is 258 g/mol. The van der Waals surface area contributed by atoms with Gasteiger partial charge in [-0.3, -0.25) is 4.79 Å². The second-order valence-electron chi connectivity index (χ2n) is 2.89. The zero-order valence-electron chi connectivity index (χ0n) is 7.20. The van der Waals surface area contributed by atoms with E-state index < -0.39 is 12.0 Å². The number of rotatable bonds is 1. The minimum absolute atomic E-state index is 0.165. The van der Waals surface area contributed by atoms with E-state index in [0.717, 1.165) is 4.47 Å². The molecule has 1 heterocycles. The first-order valence-electron chi connectivity index (χ1n) is 4.06. The van der Waals surface area contributed by atoms with Gasteiger partial charge in [-0.25, -0.2) is 0 Å². The van der Waals surface area contributed by atoms with Crippen molar-refractivity contribution >= 4 is 21.8 Å². The Hall–Kier alpha value is -1.23. The number of ether oxygens (including phenoxy) is 2. The van der Waals surface area contributed by atoms with E-state index in [1.54, 1.807) is 6.07 Å². The van der Waals surface area contributed by atoms with Gasteiger partial charge in [0.25, 0.3) is 5.91 Å². The van der Waals surface area contributed by atoms with E-state index in [9.17, 15) is 4.79 Å². The normalized spacial score (nSPS) is 19.1. The first kappa shape index (κ1) is 9.33. The van der Waals surface area contributed by atoms with Gasteiger partial charge in [-0.1, -0.05) is 6.07 Å². The maximum atomic E-state index is 10.9. The molecule has 2 rings (SSSR count). The largest absolute Gasteiger partial charge is 0.485 e. The number of halogens is 1. The van der Waals surface area contributed by atoms with Crippen LogP contribution in [0.25, 0.3) is 0 Å². The predicted molar refractivity (Wildman–Crippen MR) is 53.2 cm³/mol. The van der Waals surface area contributed by atoms with E-state index in [1.165, 1.54) is 0 Å². The number of benzene rings is 1. The molecule has 0 saturated carbocycles. The molecule has 74 valence electrons. The van der Waals surface area contributed by atoms with Crippen LogP contribution in [0.3, 0.4) is 0 Å². The molecule has 4 nitrogen and oxygen atoms in total. The summed E-state index contributed by atoms with van der Waals surface area (Å²) in [4.78, 5) is 10.9. The molecule has 0 aliphatic carbocycles. The standard InChI is InChI=1S/C9H8BrNO3/c10-5-2-1-3-6-8(5)14-7(4-13-6)9(11)12/h1-3,7H,4H2,(H2,11,12). The molecule has 0 radical (unpaired) electrons. The summed E-state index contributed by atoms with van der Waals surface area (Å²) in [6, 6.07) is 5.42. The van der Waals surface area contributed by atoms with Gasteiger partial charge < -0.3 is 15.2 Å². The molecule has 1 aromatic carbocycles. The van der Waals surface area contributed by atoms with Crippen molar-refractivity contribution < 1.29 is 14.3 Å². The molecule has 1 atom stereocenters. The molecule has 5 heteroatoms. The number of para-hydroxylation sites is 1. The van der Waals surface area contributed by atoms with Crippen molar-refractivity contribution in [3.05, 3.63) is 22.7 Å². The molecule has 1 amide bonds. The minimum atomic E-state index is -0.707. The van der Waals surface area contributed by atoms with Crippen molar-refractivity contribution in [1.82, 2.24) is 0 Å². The fraction of sp³-hybridized carbons (Fsp3) is 0.222. The van der Waals surface area contributed by atoms with Crippen LogP contribution in [0.15, 0.2) is 22.7 Å². The fourth-order valence-corrected chi connectivity index (χ4v) is 1.64. The molecule has 2 N–H and O–H groups in total. The van der Waals surface area contributed by atoms with Crippen molar-refractivity contribution in [2.24, 2.45) is 5.73 Å². The van der Waals surface area contributed by atoms with E-state index in [4.69, 9.17) is 15.2 Å². The van der Waals surface area contributed by atoms with Crippen LogP contribution in [0.4, 0.5) is 0 Å². The van der Waals surface area contributed by atoms with E-state index in [1.807, 2.05) is 12.1 Å². The predicted octanol–water partition coefficient (Wildman–Crippen LogP) is 1.07. The summed E-state index contributed by atoms with van der Waals surface area (Å²) in [5.74, 6) is 0.630. The third-order valence-electron chi connectivity index (χ3n) is 1.90. The van der Waals surface area contributed by atoms with Crippen LogP contribution < -0.4 is 15.2 Å². The zero-order chi connectivity index (χ0) is 10.1. The Balaban J connectivity index is 2.33. The van der Waals surface area contributed by atoms with Gasteiger partial charge in [0.2, 0.25) is 6.10 Å². The van der Waals surface area contributed by atoms with Crippen LogP contribution in [-0.2, 0) is 4.79 Å². The summed E-state index contributed by atoms with van der Waals surface area (Å²) in [6.07, 6.45) is -0.707. The summed E-state index contributed by atoms with van der Waals surface area (Å²) in [5, 5.41) is 0. The van der Waals surface area contributed by atoms with Gasteiger partial charge in [0, 0.05) is 0 Å². The Labute approximate surface area is 89.1 Å². The number of nitrogens with two attached hydrogens (primary N) is 1. The Morgan fingerprint density at radius 3 is 3.07 bits per heavy atom. The summed E-state index contributed by atoms with van der Waals surface area (Å²) >= 11 is 3.30. The van der Waals surface area contributed by atoms with Crippen molar-refractivity contribution in [3.63, 3.8) is 0 Å². The Morgan fingerprint density at radius 2 is 2.36 bits per heavy atom. The highest BCUT2D eigenvalue weighted by Gasteiger charge is 2.26. The van der Waals surface area contributed by atoms with Gasteiger partial charge in [-0.05, 0) is 28.1 Å². The SMILES string of the molecule is NC(=O)C1COc2cccc(Br)c2O1. The number of hydrogen-bond donors (Lipinski definition) is 1. The van der Waals surface area contributed by atoms with Crippen LogP contribution in [0.5, 0.6) is 11.5 Å². The lowest BCUT2D eigenvalue weighted by Crippen LogP contribution is -2.40. The molecule has 0 fully saturated rings. The molecule has 1 aliphatic rings. The summed E-state index contributed by atoms with van der Waals surface area (Å²) in [7, 11) is 0. The lowest BCUT2D eigenvalue weighted by Gasteiger charge is -2.24. The molecule has 0 aromatic heterocycles. The first-order chi connectivity index (χ1) is 6.68. The highest BCUT2D eigenvalue weighted by Crippen LogP contribution is 2.38. The van der Waals surface area contributed by atoms with Crippen molar-refractivity contribution in [2.45, 2.75) is 6.10 Å². The van der Waals surface area contributed by atoms with E-state index in [-0.39, 0.29) is 6.61 Å². The minimum Gasteiger partial charge on any atom is -0.485 e. The van der Waals surface area contributed by atoms with Gasteiger partial charge in [0.1, 0.15) is 6.61 Å². The lowest BCUT2D eigenvalue weighted by atomic mass is 10.2. The number of fused-ring (bicyclic) bond motifs is 1. The fourth-order valence-electron chi connectivity index (χ4n) is 1.20. The molecule has 14 heavy (non-hydrogen) atoms. The molecule has 1 unspecified atom stereocenters. The van der Waals surface area contributed by atoms with E-state index >= 15 is 0 Å². The third-order valence-corrected chi connectivity index (χ3v) is 2.52. The van der Waals surface area contributed by atoms with Crippen molar-refractivity contribution in [3.8, 4) is 11.5 Å². The van der Waals surface area contributed by atoms with Gasteiger partial charge in [-0.2, -0.15) is 0 Å². The Bertz CT molecular complexity index is 380. The summed E-state index contributed by atoms with van der Waals surface area (Å²) < 4.78 is 11.5. The maximum Gasteiger partial charge on any atom is 0.262 e. The summed E-state index contributed by atoms with van der Waals surface area (Å²) in [6.45, 7) is 0.165. The number of primary amides is 1. The Kier molecular flexibility index (Phi) is 2.33. The quantitative estimate of drug-likeness (QED) is 0.819. The van der Waals surface area contributed by atoms with Crippen LogP contribution >= 0.6 is 15.9 Å². The molecule has 1 aromatic rings. The topological polar surface area (TPSA) is 61.6 Å². The molecular weight excluding hydrogens is 250 g/mol. The average Bonchev–Trinajstić information content (AvgIpc) is 2.18. The molecule has 0 spiro atoms. The molecule has 0 saturated heterocycles. The van der Waals surface area contributed by atoms with Gasteiger partial charge in [0.05, 0.1) is 4.47 Å². The van der Waals surface area contributed by atoms with Gasteiger partial charge in [-0.15, -0.1) is 0 Å². The van der Waals surface area contributed by atoms with Crippen LogP contribution in [0.2, 0.25) is 0 Å². The third kappa shape index (κ3) is 1.55. The maximum absolute atomic E-state index is 10.9. The highest BCUT2D eigenvalue weighted by atomic mass is 79.9. The van der Waals surface area contributed by atoms with Crippen molar-refractivity contribution in [1.29, 1.82) is 0 Å². The van der Waals surface area contributed by atoms with Gasteiger partial charge >= 0.3 is 0 Å². The summed E-state index contributed by atoms with van der Waals surface area (Å²) in [5.41, 5.74) is 5.12. The van der Waals surface area contributed by atoms with E-state index in [0.29, 0.717) is 11.5 Å². The highest BCUT2D eigenvalue weighted by molar-refractivity contribution is 9.10. The second-order valence-corrected chi connectivity index (χ2v) is 3.74. The number of carbonyl (C=O) groups is 1. The molecule has 1 aliphatic heterocycles. The van der Waals surface area contributed by atoms with Crippen molar-refractivity contribution in [2.75, 3.05) is 6.61 Å². The Morgan fingerprint density at radius 1 is 1.57 bits per heavy atom. The van der Waals surface area contributed by atoms with Gasteiger partial charge in [0.15, 0.2) is 11.5 Å². The van der Waals surface area contributed by atoms with Crippen LogP contribution in [0, 0.1) is 0 Å². The monoisotopic (exact) mass is 257 g/mol. The zero-order valence-corrected chi connectivity index (χ0v) is 8.78. The number of hydrogen-bond acceptors (Lipinski definition) is 3. The molecule has 0 bridgehead atoms. The molecular formula is C9H8BrNO3. The first-order valence-corrected chi connectivity index (χ1v) is 4.85. The number of carbonyl (C=O) groups excluding carboxylic acids is 1. The van der Waals surface area contributed by atoms with Crippen LogP contribution in [0.1, 0.15) is 0 Å². The number of amides is 1.